The molecule has 2 saturated carbocycles. The molecule has 0 saturated heterocycles. The van der Waals surface area contributed by atoms with Gasteiger partial charge < -0.3 is 5.32 Å². The number of carbonyl (C=O) groups is 1. The summed E-state index contributed by atoms with van der Waals surface area (Å²) in [6.45, 7) is 0. The van der Waals surface area contributed by atoms with Gasteiger partial charge in [-0.3, -0.25) is 9.48 Å². The van der Waals surface area contributed by atoms with Gasteiger partial charge in [0.2, 0.25) is 11.8 Å². The quantitative estimate of drug-likeness (QED) is 0.727. The highest BCUT2D eigenvalue weighted by atomic mass is 35.5. The van der Waals surface area contributed by atoms with Crippen LogP contribution in [0.4, 0.5) is 14.6 Å². The van der Waals surface area contributed by atoms with Gasteiger partial charge in [-0.15, -0.1) is 11.3 Å². The molecule has 4 rings (SSSR count). The van der Waals surface area contributed by atoms with Crippen molar-refractivity contribution in [3.63, 3.8) is 0 Å². The molecule has 8 heteroatoms. The first-order valence-electron chi connectivity index (χ1n) is 8.83. The molecule has 2 aromatic rings. The zero-order chi connectivity index (χ0) is 18.5. The predicted octanol–water partition coefficient (Wildman–Crippen LogP) is 5.44. The van der Waals surface area contributed by atoms with E-state index < -0.39 is 5.92 Å². The van der Waals surface area contributed by atoms with Crippen molar-refractivity contribution in [2.75, 3.05) is 5.32 Å². The Bertz CT molecular complexity index is 836. The van der Waals surface area contributed by atoms with E-state index in [4.69, 9.17) is 11.6 Å². The van der Waals surface area contributed by atoms with Crippen LogP contribution in [-0.4, -0.2) is 21.6 Å². The number of alkyl halides is 2. The molecule has 2 fully saturated rings. The first kappa shape index (κ1) is 17.9. The van der Waals surface area contributed by atoms with Gasteiger partial charge in [0.25, 0.3) is 0 Å². The third kappa shape index (κ3) is 3.39. The van der Waals surface area contributed by atoms with Crippen LogP contribution in [0.1, 0.15) is 50.0 Å². The number of aryl methyl sites for hydroxylation is 1. The molecule has 26 heavy (non-hydrogen) atoms. The number of carbonyl (C=O) groups excluding carboxylic acids is 1. The number of aromatic nitrogens is 2. The average Bonchev–Trinajstić information content (AvgIpc) is 3.02. The number of hydrogen-bond donors (Lipinski definition) is 1. The molecule has 1 N–H and O–H groups in total. The lowest BCUT2D eigenvalue weighted by atomic mass is 9.78. The second kappa shape index (κ2) is 6.60. The van der Waals surface area contributed by atoms with Crippen LogP contribution in [0, 0.1) is 5.92 Å². The monoisotopic (exact) mass is 399 g/mol. The van der Waals surface area contributed by atoms with Gasteiger partial charge in [-0.1, -0.05) is 18.0 Å². The summed E-state index contributed by atoms with van der Waals surface area (Å²) in [7, 11) is 1.80. The summed E-state index contributed by atoms with van der Waals surface area (Å²) in [5.74, 6) is -2.00. The van der Waals surface area contributed by atoms with Crippen molar-refractivity contribution in [1.29, 1.82) is 0 Å². The van der Waals surface area contributed by atoms with Crippen LogP contribution in [0.5, 0.6) is 0 Å². The number of nitrogens with zero attached hydrogens (tertiary/aromatic N) is 2. The normalized spacial score (nSPS) is 19.8. The molecule has 0 atom stereocenters. The van der Waals surface area contributed by atoms with Crippen molar-refractivity contribution in [3.05, 3.63) is 22.0 Å². The Kier molecular flexibility index (Phi) is 4.55. The maximum absolute atomic E-state index is 13.0. The summed E-state index contributed by atoms with van der Waals surface area (Å²) in [4.78, 5) is 13.4. The van der Waals surface area contributed by atoms with Crippen molar-refractivity contribution in [3.8, 4) is 10.6 Å². The highest BCUT2D eigenvalue weighted by Crippen LogP contribution is 2.47. The minimum absolute atomic E-state index is 0.130. The van der Waals surface area contributed by atoms with E-state index >= 15 is 0 Å². The zero-order valence-corrected chi connectivity index (χ0v) is 16.0. The SMILES string of the molecule is Cn1nc(-c2ccc(Cl)s2)c(C2CCC2)c1NC(=O)CC1CC(F)(F)C1. The maximum atomic E-state index is 13.0. The van der Waals surface area contributed by atoms with Gasteiger partial charge in [0.1, 0.15) is 11.5 Å². The molecule has 0 bridgehead atoms. The largest absolute Gasteiger partial charge is 0.311 e. The van der Waals surface area contributed by atoms with E-state index in [2.05, 4.69) is 10.4 Å². The summed E-state index contributed by atoms with van der Waals surface area (Å²) in [6.07, 6.45) is 3.03. The summed E-state index contributed by atoms with van der Waals surface area (Å²) in [5.41, 5.74) is 1.91. The Morgan fingerprint density at radius 1 is 1.42 bits per heavy atom. The molecule has 2 aliphatic rings. The molecule has 0 spiro atoms. The van der Waals surface area contributed by atoms with Crippen LogP contribution in [0.15, 0.2) is 12.1 Å². The lowest BCUT2D eigenvalue weighted by Crippen LogP contribution is -2.37. The summed E-state index contributed by atoms with van der Waals surface area (Å²) in [5, 5.41) is 7.56. The molecule has 4 nitrogen and oxygen atoms in total. The van der Waals surface area contributed by atoms with Gasteiger partial charge >= 0.3 is 0 Å². The number of amides is 1. The second-order valence-electron chi connectivity index (χ2n) is 7.35. The van der Waals surface area contributed by atoms with E-state index in [1.54, 1.807) is 11.7 Å². The maximum Gasteiger partial charge on any atom is 0.248 e. The Balaban J connectivity index is 1.57. The smallest absolute Gasteiger partial charge is 0.248 e. The van der Waals surface area contributed by atoms with Crippen molar-refractivity contribution in [2.45, 2.75) is 50.4 Å². The van der Waals surface area contributed by atoms with Crippen molar-refractivity contribution in [1.82, 2.24) is 9.78 Å². The average molecular weight is 400 g/mol. The van der Waals surface area contributed by atoms with Crippen LogP contribution in [0.25, 0.3) is 10.6 Å². The first-order valence-corrected chi connectivity index (χ1v) is 10.0. The summed E-state index contributed by atoms with van der Waals surface area (Å²) < 4.78 is 28.4. The minimum Gasteiger partial charge on any atom is -0.311 e. The van der Waals surface area contributed by atoms with Gasteiger partial charge in [-0.2, -0.15) is 5.10 Å². The predicted molar refractivity (Wildman–Crippen MR) is 99.0 cm³/mol. The minimum atomic E-state index is -2.60. The van der Waals surface area contributed by atoms with Crippen LogP contribution in [0.2, 0.25) is 4.34 Å². The van der Waals surface area contributed by atoms with Gasteiger partial charge in [0, 0.05) is 31.9 Å². The highest BCUT2D eigenvalue weighted by molar-refractivity contribution is 7.19. The van der Waals surface area contributed by atoms with E-state index in [1.807, 2.05) is 12.1 Å². The third-order valence-electron chi connectivity index (χ3n) is 5.31. The highest BCUT2D eigenvalue weighted by Gasteiger charge is 2.45. The van der Waals surface area contributed by atoms with E-state index in [0.29, 0.717) is 16.1 Å². The Morgan fingerprint density at radius 2 is 2.15 bits per heavy atom. The number of rotatable bonds is 5. The Labute approximate surface area is 159 Å². The van der Waals surface area contributed by atoms with Crippen molar-refractivity contribution >= 4 is 34.7 Å². The molecule has 2 aromatic heterocycles. The lowest BCUT2D eigenvalue weighted by molar-refractivity contribution is -0.129. The van der Waals surface area contributed by atoms with Crippen molar-refractivity contribution < 1.29 is 13.6 Å². The van der Waals surface area contributed by atoms with E-state index in [9.17, 15) is 13.6 Å². The number of anilines is 1. The van der Waals surface area contributed by atoms with Gasteiger partial charge in [-0.25, -0.2) is 8.78 Å². The lowest BCUT2D eigenvalue weighted by Gasteiger charge is -2.34. The molecule has 1 amide bonds. The number of nitrogens with one attached hydrogen (secondary N) is 1. The molecule has 0 radical (unpaired) electrons. The molecule has 0 aromatic carbocycles. The van der Waals surface area contributed by atoms with Crippen LogP contribution < -0.4 is 5.32 Å². The number of hydrogen-bond acceptors (Lipinski definition) is 3. The number of halogens is 3. The standard InChI is InChI=1S/C18H20ClF2N3OS/c1-24-17(22-14(25)7-10-8-18(20,21)9-10)15(11-3-2-4-11)16(23-24)12-5-6-13(19)26-12/h5-6,10-11H,2-4,7-9H2,1H3,(H,22,25). The molecular formula is C18H20ClF2N3OS. The summed E-state index contributed by atoms with van der Waals surface area (Å²) in [6, 6.07) is 3.79. The fraction of sp³-hybridized carbons (Fsp3) is 0.556. The molecule has 0 unspecified atom stereocenters. The van der Waals surface area contributed by atoms with E-state index in [1.165, 1.54) is 11.3 Å². The molecule has 2 heterocycles. The fourth-order valence-electron chi connectivity index (χ4n) is 3.77. The van der Waals surface area contributed by atoms with E-state index in [-0.39, 0.29) is 31.1 Å². The second-order valence-corrected chi connectivity index (χ2v) is 9.06. The number of thiophene rings is 1. The molecular weight excluding hydrogens is 380 g/mol. The summed E-state index contributed by atoms with van der Waals surface area (Å²) >= 11 is 7.54. The Morgan fingerprint density at radius 3 is 2.69 bits per heavy atom. The molecule has 2 aliphatic carbocycles. The van der Waals surface area contributed by atoms with Crippen LogP contribution in [-0.2, 0) is 11.8 Å². The fourth-order valence-corrected chi connectivity index (χ4v) is 4.81. The van der Waals surface area contributed by atoms with Crippen molar-refractivity contribution in [2.24, 2.45) is 13.0 Å². The Hall–Kier alpha value is -1.47. The zero-order valence-electron chi connectivity index (χ0n) is 14.4. The third-order valence-corrected chi connectivity index (χ3v) is 6.55. The van der Waals surface area contributed by atoms with Gasteiger partial charge in [0.15, 0.2) is 0 Å². The van der Waals surface area contributed by atoms with Crippen LogP contribution in [0.3, 0.4) is 0 Å². The molecule has 0 aliphatic heterocycles. The molecule has 140 valence electrons. The van der Waals surface area contributed by atoms with E-state index in [0.717, 1.165) is 35.4 Å². The topological polar surface area (TPSA) is 46.9 Å². The van der Waals surface area contributed by atoms with Gasteiger partial charge in [-0.05, 0) is 36.8 Å². The van der Waals surface area contributed by atoms with Gasteiger partial charge in [0.05, 0.1) is 9.21 Å². The first-order chi connectivity index (χ1) is 12.3. The van der Waals surface area contributed by atoms with Crippen LogP contribution >= 0.6 is 22.9 Å².